The number of esters is 1. The molecule has 2 heterocycles. The summed E-state index contributed by atoms with van der Waals surface area (Å²) in [4.78, 5) is 17.1. The number of fused-ring (bicyclic) bond motifs is 1. The van der Waals surface area contributed by atoms with Crippen LogP contribution in [0.15, 0.2) is 35.4 Å². The molecule has 4 nitrogen and oxygen atoms in total. The molecule has 1 aromatic heterocycles. The maximum atomic E-state index is 11.6. The SMILES string of the molecule is CCOC(=O)Cc1ccc(C#Cc2cc3c(cc2SCC)OCCC3(C)C)nc1. The summed E-state index contributed by atoms with van der Waals surface area (Å²) in [6.07, 6.45) is 2.91. The van der Waals surface area contributed by atoms with Gasteiger partial charge in [0.1, 0.15) is 11.4 Å². The Labute approximate surface area is 177 Å². The van der Waals surface area contributed by atoms with Crippen molar-refractivity contribution in [1.82, 2.24) is 4.98 Å². The van der Waals surface area contributed by atoms with Crippen molar-refractivity contribution >= 4 is 17.7 Å². The van der Waals surface area contributed by atoms with Gasteiger partial charge in [-0.15, -0.1) is 11.8 Å². The molecule has 0 atom stereocenters. The summed E-state index contributed by atoms with van der Waals surface area (Å²) in [6.45, 7) is 9.58. The van der Waals surface area contributed by atoms with Gasteiger partial charge in [0.25, 0.3) is 0 Å². The molecule has 2 aromatic rings. The Hall–Kier alpha value is -2.45. The van der Waals surface area contributed by atoms with Crippen LogP contribution >= 0.6 is 11.8 Å². The summed E-state index contributed by atoms with van der Waals surface area (Å²) in [7, 11) is 0. The highest BCUT2D eigenvalue weighted by Crippen LogP contribution is 2.41. The molecule has 0 unspecified atom stereocenters. The van der Waals surface area contributed by atoms with E-state index in [1.807, 2.05) is 12.1 Å². The van der Waals surface area contributed by atoms with Crippen LogP contribution in [-0.2, 0) is 21.4 Å². The number of thioether (sulfide) groups is 1. The van der Waals surface area contributed by atoms with E-state index in [1.54, 1.807) is 24.9 Å². The van der Waals surface area contributed by atoms with Crippen molar-refractivity contribution in [2.75, 3.05) is 19.0 Å². The highest BCUT2D eigenvalue weighted by molar-refractivity contribution is 7.99. The number of carbonyl (C=O) groups is 1. The number of pyridine rings is 1. The largest absolute Gasteiger partial charge is 0.493 e. The first kappa shape index (κ1) is 21.3. The zero-order valence-corrected chi connectivity index (χ0v) is 18.3. The monoisotopic (exact) mass is 409 g/mol. The van der Waals surface area contributed by atoms with Gasteiger partial charge in [-0.05, 0) is 54.2 Å². The molecular weight excluding hydrogens is 382 g/mol. The minimum absolute atomic E-state index is 0.0758. The molecule has 1 aromatic carbocycles. The molecular formula is C24H27NO3S. The lowest BCUT2D eigenvalue weighted by atomic mass is 9.79. The first-order chi connectivity index (χ1) is 13.9. The standard InChI is InChI=1S/C24H27NO3S/c1-5-27-23(26)13-17-7-9-19(25-16-17)10-8-18-14-20-21(15-22(18)29-6-2)28-12-11-24(20,3)4/h7,9,14-16H,5-6,11-13H2,1-4H3. The summed E-state index contributed by atoms with van der Waals surface area (Å²) < 4.78 is 10.9. The zero-order chi connectivity index (χ0) is 20.9. The van der Waals surface area contributed by atoms with E-state index in [9.17, 15) is 4.79 Å². The lowest BCUT2D eigenvalue weighted by Crippen LogP contribution is -2.26. The molecule has 5 heteroatoms. The fourth-order valence-corrected chi connectivity index (χ4v) is 4.01. The van der Waals surface area contributed by atoms with Crippen LogP contribution in [-0.4, -0.2) is 29.9 Å². The Balaban J connectivity index is 1.86. The maximum absolute atomic E-state index is 11.6. The average Bonchev–Trinajstić information content (AvgIpc) is 2.68. The van der Waals surface area contributed by atoms with Crippen molar-refractivity contribution in [2.45, 2.75) is 50.8 Å². The molecule has 0 saturated heterocycles. The maximum Gasteiger partial charge on any atom is 0.310 e. The molecule has 0 saturated carbocycles. The molecule has 0 radical (unpaired) electrons. The van der Waals surface area contributed by atoms with E-state index in [2.05, 4.69) is 49.7 Å². The normalized spacial score (nSPS) is 14.2. The number of hydrogen-bond donors (Lipinski definition) is 0. The number of nitrogens with zero attached hydrogens (tertiary/aromatic N) is 1. The topological polar surface area (TPSA) is 48.4 Å². The van der Waals surface area contributed by atoms with Gasteiger partial charge in [-0.2, -0.15) is 0 Å². The van der Waals surface area contributed by atoms with E-state index in [4.69, 9.17) is 9.47 Å². The van der Waals surface area contributed by atoms with Crippen LogP contribution in [0.3, 0.4) is 0 Å². The Bertz CT molecular complexity index is 939. The molecule has 0 aliphatic carbocycles. The van der Waals surface area contributed by atoms with Gasteiger partial charge < -0.3 is 9.47 Å². The zero-order valence-electron chi connectivity index (χ0n) is 17.5. The number of benzene rings is 1. The van der Waals surface area contributed by atoms with E-state index in [-0.39, 0.29) is 17.8 Å². The second-order valence-electron chi connectivity index (χ2n) is 7.54. The molecule has 3 rings (SSSR count). The fraction of sp³-hybridized carbons (Fsp3) is 0.417. The van der Waals surface area contributed by atoms with E-state index in [0.717, 1.165) is 40.6 Å². The van der Waals surface area contributed by atoms with Crippen molar-refractivity contribution in [1.29, 1.82) is 0 Å². The number of ether oxygens (including phenoxy) is 2. The molecule has 0 fully saturated rings. The predicted octanol–water partition coefficient (Wildman–Crippen LogP) is 4.76. The van der Waals surface area contributed by atoms with Crippen molar-refractivity contribution in [2.24, 2.45) is 0 Å². The molecule has 152 valence electrons. The van der Waals surface area contributed by atoms with Crippen LogP contribution < -0.4 is 4.74 Å². The summed E-state index contributed by atoms with van der Waals surface area (Å²) >= 11 is 1.77. The van der Waals surface area contributed by atoms with Crippen molar-refractivity contribution in [3.05, 3.63) is 52.8 Å². The lowest BCUT2D eigenvalue weighted by molar-refractivity contribution is -0.142. The van der Waals surface area contributed by atoms with Gasteiger partial charge in [-0.1, -0.05) is 32.8 Å². The van der Waals surface area contributed by atoms with Gasteiger partial charge in [0.05, 0.1) is 19.6 Å². The summed E-state index contributed by atoms with van der Waals surface area (Å²) in [5.74, 6) is 8.17. The molecule has 0 bridgehead atoms. The number of aromatic nitrogens is 1. The van der Waals surface area contributed by atoms with Gasteiger partial charge in [0, 0.05) is 22.2 Å². The van der Waals surface area contributed by atoms with Crippen LogP contribution in [0.2, 0.25) is 0 Å². The highest BCUT2D eigenvalue weighted by atomic mass is 32.2. The third kappa shape index (κ3) is 5.33. The summed E-state index contributed by atoms with van der Waals surface area (Å²) in [5, 5.41) is 0. The van der Waals surface area contributed by atoms with E-state index in [1.165, 1.54) is 5.56 Å². The van der Waals surface area contributed by atoms with E-state index in [0.29, 0.717) is 12.3 Å². The number of rotatable bonds is 5. The predicted molar refractivity (Wildman–Crippen MR) is 117 cm³/mol. The molecule has 0 amide bonds. The molecule has 1 aliphatic heterocycles. The van der Waals surface area contributed by atoms with Crippen LogP contribution in [0.1, 0.15) is 56.5 Å². The first-order valence-corrected chi connectivity index (χ1v) is 11.0. The van der Waals surface area contributed by atoms with Crippen LogP contribution in [0.4, 0.5) is 0 Å². The fourth-order valence-electron chi connectivity index (χ4n) is 3.25. The van der Waals surface area contributed by atoms with Crippen molar-refractivity contribution < 1.29 is 14.3 Å². The van der Waals surface area contributed by atoms with E-state index >= 15 is 0 Å². The third-order valence-corrected chi connectivity index (χ3v) is 5.84. The number of carbonyl (C=O) groups excluding carboxylic acids is 1. The van der Waals surface area contributed by atoms with Gasteiger partial charge in [-0.25, -0.2) is 4.98 Å². The Kier molecular flexibility index (Phi) is 6.87. The van der Waals surface area contributed by atoms with Crippen LogP contribution in [0.5, 0.6) is 5.75 Å². The Morgan fingerprint density at radius 2 is 2.10 bits per heavy atom. The number of hydrogen-bond acceptors (Lipinski definition) is 5. The van der Waals surface area contributed by atoms with Crippen molar-refractivity contribution in [3.8, 4) is 17.6 Å². The Morgan fingerprint density at radius 3 is 2.79 bits per heavy atom. The molecule has 0 N–H and O–H groups in total. The highest BCUT2D eigenvalue weighted by Gasteiger charge is 2.29. The summed E-state index contributed by atoms with van der Waals surface area (Å²) in [5.41, 5.74) is 3.80. The molecule has 1 aliphatic rings. The second kappa shape index (κ2) is 9.37. The quantitative estimate of drug-likeness (QED) is 0.405. The Morgan fingerprint density at radius 1 is 1.28 bits per heavy atom. The molecule has 29 heavy (non-hydrogen) atoms. The second-order valence-corrected chi connectivity index (χ2v) is 8.85. The minimum Gasteiger partial charge on any atom is -0.493 e. The minimum atomic E-state index is -0.242. The van der Waals surface area contributed by atoms with E-state index < -0.39 is 0 Å². The summed E-state index contributed by atoms with van der Waals surface area (Å²) in [6, 6.07) is 8.03. The lowest BCUT2D eigenvalue weighted by Gasteiger charge is -2.33. The molecule has 0 spiro atoms. The van der Waals surface area contributed by atoms with Gasteiger partial charge in [0.2, 0.25) is 0 Å². The van der Waals surface area contributed by atoms with Gasteiger partial charge >= 0.3 is 5.97 Å². The third-order valence-electron chi connectivity index (χ3n) is 4.90. The van der Waals surface area contributed by atoms with Gasteiger partial charge in [0.15, 0.2) is 0 Å². The smallest absolute Gasteiger partial charge is 0.310 e. The average molecular weight is 410 g/mol. The van der Waals surface area contributed by atoms with Gasteiger partial charge in [-0.3, -0.25) is 4.79 Å². The first-order valence-electron chi connectivity index (χ1n) is 9.99. The van der Waals surface area contributed by atoms with Crippen molar-refractivity contribution in [3.63, 3.8) is 0 Å². The van der Waals surface area contributed by atoms with Crippen LogP contribution in [0, 0.1) is 11.8 Å². The van der Waals surface area contributed by atoms with Crippen LogP contribution in [0.25, 0.3) is 0 Å².